The lowest BCUT2D eigenvalue weighted by atomic mass is 9.72. The molecular weight excluding hydrogens is 212 g/mol. The van der Waals surface area contributed by atoms with Gasteiger partial charge in [0.25, 0.3) is 0 Å². The molecule has 0 spiro atoms. The highest BCUT2D eigenvalue weighted by Crippen LogP contribution is 2.34. The highest BCUT2D eigenvalue weighted by Gasteiger charge is 2.33. The van der Waals surface area contributed by atoms with Crippen LogP contribution < -0.4 is 5.32 Å². The third kappa shape index (κ3) is 4.57. The Morgan fingerprint density at radius 1 is 1.35 bits per heavy atom. The first-order valence-electron chi connectivity index (χ1n) is 6.97. The lowest BCUT2D eigenvalue weighted by Gasteiger charge is -2.41. The molecule has 3 nitrogen and oxygen atoms in total. The second kappa shape index (κ2) is 6.72. The van der Waals surface area contributed by atoms with Gasteiger partial charge in [-0.2, -0.15) is 0 Å². The van der Waals surface area contributed by atoms with Crippen molar-refractivity contribution in [2.75, 3.05) is 27.2 Å². The molecule has 3 heteroatoms. The minimum absolute atomic E-state index is 0.231. The Kier molecular flexibility index (Phi) is 5.90. The molecule has 0 bridgehead atoms. The summed E-state index contributed by atoms with van der Waals surface area (Å²) in [6.45, 7) is 8.45. The van der Waals surface area contributed by atoms with Crippen LogP contribution in [-0.4, -0.2) is 49.3 Å². The lowest BCUT2D eigenvalue weighted by Crippen LogP contribution is -2.48. The van der Waals surface area contributed by atoms with Crippen LogP contribution in [-0.2, 0) is 0 Å². The van der Waals surface area contributed by atoms with E-state index in [4.69, 9.17) is 0 Å². The van der Waals surface area contributed by atoms with E-state index in [0.717, 1.165) is 24.9 Å². The Balaban J connectivity index is 2.53. The zero-order chi connectivity index (χ0) is 13.0. The van der Waals surface area contributed by atoms with Gasteiger partial charge in [-0.15, -0.1) is 0 Å². The quantitative estimate of drug-likeness (QED) is 0.768. The van der Waals surface area contributed by atoms with Crippen LogP contribution in [0.2, 0.25) is 0 Å². The zero-order valence-electron chi connectivity index (χ0n) is 12.1. The topological polar surface area (TPSA) is 35.5 Å². The number of rotatable bonds is 5. The number of aliphatic hydroxyl groups excluding tert-OH is 1. The molecule has 0 aromatic carbocycles. The molecule has 102 valence electrons. The van der Waals surface area contributed by atoms with Crippen molar-refractivity contribution in [1.82, 2.24) is 10.2 Å². The first-order valence-corrected chi connectivity index (χ1v) is 6.97. The number of hydrogen-bond acceptors (Lipinski definition) is 3. The van der Waals surface area contributed by atoms with Crippen LogP contribution in [0.25, 0.3) is 0 Å². The van der Waals surface area contributed by atoms with Crippen LogP contribution in [0.4, 0.5) is 0 Å². The maximum atomic E-state index is 9.43. The van der Waals surface area contributed by atoms with E-state index in [9.17, 15) is 5.11 Å². The van der Waals surface area contributed by atoms with Crippen molar-refractivity contribution < 1.29 is 5.11 Å². The number of nitrogens with zero attached hydrogens (tertiary/aromatic N) is 1. The maximum absolute atomic E-state index is 9.43. The molecule has 0 amide bonds. The average molecular weight is 242 g/mol. The minimum atomic E-state index is -0.231. The van der Waals surface area contributed by atoms with Gasteiger partial charge in [-0.05, 0) is 51.6 Å². The summed E-state index contributed by atoms with van der Waals surface area (Å²) in [5, 5.41) is 12.9. The number of likely N-dealkylation sites (N-methyl/N-ethyl adjacent to an activating group) is 1. The normalized spacial score (nSPS) is 36.2. The van der Waals surface area contributed by atoms with Gasteiger partial charge < -0.3 is 15.3 Å². The molecule has 5 atom stereocenters. The summed E-state index contributed by atoms with van der Waals surface area (Å²) >= 11 is 0. The molecule has 17 heavy (non-hydrogen) atoms. The van der Waals surface area contributed by atoms with Crippen LogP contribution in [0.15, 0.2) is 0 Å². The number of aliphatic hydroxyl groups is 1. The molecule has 1 aliphatic rings. The molecule has 1 fully saturated rings. The second-order valence-electron chi connectivity index (χ2n) is 6.18. The standard InChI is InChI=1S/C14H30N2O/c1-10-6-11(2)13(14(7-10)15-4)9-16(5)8-12(3)17/h10-15,17H,6-9H2,1-5H3. The summed E-state index contributed by atoms with van der Waals surface area (Å²) in [6, 6.07) is 0.630. The SMILES string of the molecule is CNC1CC(C)CC(C)C1CN(C)CC(C)O. The fraction of sp³-hybridized carbons (Fsp3) is 1.00. The van der Waals surface area contributed by atoms with E-state index < -0.39 is 0 Å². The van der Waals surface area contributed by atoms with Gasteiger partial charge in [0.05, 0.1) is 6.10 Å². The summed E-state index contributed by atoms with van der Waals surface area (Å²) in [6.07, 6.45) is 2.39. The first kappa shape index (κ1) is 14.9. The molecule has 5 unspecified atom stereocenters. The monoisotopic (exact) mass is 242 g/mol. The molecular formula is C14H30N2O. The predicted molar refractivity (Wildman–Crippen MR) is 73.1 cm³/mol. The smallest absolute Gasteiger partial charge is 0.0638 e. The van der Waals surface area contributed by atoms with Gasteiger partial charge >= 0.3 is 0 Å². The van der Waals surface area contributed by atoms with E-state index in [1.807, 2.05) is 6.92 Å². The van der Waals surface area contributed by atoms with Gasteiger partial charge in [0.1, 0.15) is 0 Å². The summed E-state index contributed by atoms with van der Waals surface area (Å²) in [5.41, 5.74) is 0. The maximum Gasteiger partial charge on any atom is 0.0638 e. The molecule has 0 aromatic heterocycles. The van der Waals surface area contributed by atoms with E-state index in [1.165, 1.54) is 12.8 Å². The molecule has 0 heterocycles. The van der Waals surface area contributed by atoms with Crippen molar-refractivity contribution in [3.05, 3.63) is 0 Å². The van der Waals surface area contributed by atoms with Crippen molar-refractivity contribution in [3.8, 4) is 0 Å². The van der Waals surface area contributed by atoms with Crippen molar-refractivity contribution in [1.29, 1.82) is 0 Å². The van der Waals surface area contributed by atoms with Crippen LogP contribution in [0.5, 0.6) is 0 Å². The Labute approximate surface area is 107 Å². The molecule has 1 rings (SSSR count). The van der Waals surface area contributed by atoms with Gasteiger partial charge in [-0.25, -0.2) is 0 Å². The summed E-state index contributed by atoms with van der Waals surface area (Å²) in [7, 11) is 4.20. The molecule has 0 radical (unpaired) electrons. The van der Waals surface area contributed by atoms with E-state index in [0.29, 0.717) is 12.0 Å². The van der Waals surface area contributed by atoms with Crippen LogP contribution >= 0.6 is 0 Å². The molecule has 1 saturated carbocycles. The van der Waals surface area contributed by atoms with Crippen molar-refractivity contribution in [2.45, 2.75) is 45.8 Å². The van der Waals surface area contributed by atoms with Crippen molar-refractivity contribution in [2.24, 2.45) is 17.8 Å². The second-order valence-corrected chi connectivity index (χ2v) is 6.18. The number of nitrogens with one attached hydrogen (secondary N) is 1. The van der Waals surface area contributed by atoms with Crippen molar-refractivity contribution in [3.63, 3.8) is 0 Å². The van der Waals surface area contributed by atoms with Gasteiger partial charge in [-0.1, -0.05) is 13.8 Å². The fourth-order valence-electron chi connectivity index (χ4n) is 3.44. The van der Waals surface area contributed by atoms with Gasteiger partial charge in [-0.3, -0.25) is 0 Å². The van der Waals surface area contributed by atoms with Crippen LogP contribution in [0, 0.1) is 17.8 Å². The largest absolute Gasteiger partial charge is 0.392 e. The van der Waals surface area contributed by atoms with E-state index in [2.05, 4.69) is 38.2 Å². The number of hydrogen-bond donors (Lipinski definition) is 2. The third-order valence-corrected chi connectivity index (χ3v) is 4.15. The van der Waals surface area contributed by atoms with Gasteiger partial charge in [0, 0.05) is 19.1 Å². The van der Waals surface area contributed by atoms with Crippen LogP contribution in [0.3, 0.4) is 0 Å². The Morgan fingerprint density at radius 3 is 2.53 bits per heavy atom. The molecule has 0 aromatic rings. The summed E-state index contributed by atoms with van der Waals surface area (Å²) in [5.74, 6) is 2.31. The lowest BCUT2D eigenvalue weighted by molar-refractivity contribution is 0.0864. The molecule has 1 aliphatic carbocycles. The summed E-state index contributed by atoms with van der Waals surface area (Å²) < 4.78 is 0. The van der Waals surface area contributed by atoms with Gasteiger partial charge in [0.15, 0.2) is 0 Å². The van der Waals surface area contributed by atoms with E-state index >= 15 is 0 Å². The highest BCUT2D eigenvalue weighted by molar-refractivity contribution is 4.88. The van der Waals surface area contributed by atoms with Crippen molar-refractivity contribution >= 4 is 0 Å². The highest BCUT2D eigenvalue weighted by atomic mass is 16.3. The third-order valence-electron chi connectivity index (χ3n) is 4.15. The fourth-order valence-corrected chi connectivity index (χ4v) is 3.44. The Hall–Kier alpha value is -0.120. The molecule has 0 saturated heterocycles. The van der Waals surface area contributed by atoms with Gasteiger partial charge in [0.2, 0.25) is 0 Å². The predicted octanol–water partition coefficient (Wildman–Crippen LogP) is 1.57. The van der Waals surface area contributed by atoms with Crippen LogP contribution in [0.1, 0.15) is 33.6 Å². The minimum Gasteiger partial charge on any atom is -0.392 e. The van der Waals surface area contributed by atoms with E-state index in [-0.39, 0.29) is 6.10 Å². The molecule has 0 aliphatic heterocycles. The first-order chi connectivity index (χ1) is 7.93. The average Bonchev–Trinajstić information content (AvgIpc) is 2.20. The zero-order valence-corrected chi connectivity index (χ0v) is 12.1. The molecule has 2 N–H and O–H groups in total. The Bertz CT molecular complexity index is 220. The Morgan fingerprint density at radius 2 is 2.00 bits per heavy atom. The summed E-state index contributed by atoms with van der Waals surface area (Å²) in [4.78, 5) is 2.27. The van der Waals surface area contributed by atoms with E-state index in [1.54, 1.807) is 0 Å².